The standard InChI is InChI=1S/C35H52O7/c1-4-5-15-26(2)24-28(41-34-20-13-14-23-40-34)21-22-30-29(18-11-6-7-12-19-33(37)39-3)31(36)25-32(30)42-35(38)27-16-9-8-10-17-27/h6,8-11,16-17,21-22,26,28-32,34,36H,4-5,7,12-15,18-20,23-25H2,1-3H3/t26-,28+,29+,30+,31-,32+,34?/m0/s1. The van der Waals surface area contributed by atoms with E-state index in [1.807, 2.05) is 18.2 Å². The predicted molar refractivity (Wildman–Crippen MR) is 164 cm³/mol. The molecular formula is C35H52O7. The van der Waals surface area contributed by atoms with E-state index in [9.17, 15) is 14.7 Å². The molecule has 7 heteroatoms. The summed E-state index contributed by atoms with van der Waals surface area (Å²) < 4.78 is 23.1. The van der Waals surface area contributed by atoms with Gasteiger partial charge in [0.2, 0.25) is 0 Å². The zero-order valence-corrected chi connectivity index (χ0v) is 25.8. The summed E-state index contributed by atoms with van der Waals surface area (Å²) in [5.74, 6) is -0.329. The first-order valence-electron chi connectivity index (χ1n) is 16.0. The number of carbonyl (C=O) groups is 2. The second-order valence-corrected chi connectivity index (χ2v) is 11.9. The Morgan fingerprint density at radius 1 is 1.14 bits per heavy atom. The summed E-state index contributed by atoms with van der Waals surface area (Å²) in [5, 5.41) is 11.1. The molecular weight excluding hydrogens is 532 g/mol. The zero-order valence-electron chi connectivity index (χ0n) is 25.8. The van der Waals surface area contributed by atoms with Crippen LogP contribution in [-0.2, 0) is 23.7 Å². The molecule has 3 rings (SSSR count). The highest BCUT2D eigenvalue weighted by Crippen LogP contribution is 2.39. The van der Waals surface area contributed by atoms with E-state index in [0.717, 1.165) is 51.6 Å². The van der Waals surface area contributed by atoms with Gasteiger partial charge in [-0.15, -0.1) is 0 Å². The van der Waals surface area contributed by atoms with Gasteiger partial charge in [0.05, 0.1) is 24.9 Å². The molecule has 1 heterocycles. The SMILES string of the molecule is CCCC[C@H](C)C[C@@H](C=C[C@@H]1[C@@H](CC=CCCCC(=O)OC)[C@@H](O)C[C@H]1OC(=O)c1ccccc1)OC1CCCCO1. The monoisotopic (exact) mass is 584 g/mol. The van der Waals surface area contributed by atoms with Crippen LogP contribution in [0.1, 0.15) is 101 Å². The van der Waals surface area contributed by atoms with E-state index in [1.165, 1.54) is 20.0 Å². The zero-order chi connectivity index (χ0) is 30.2. The predicted octanol–water partition coefficient (Wildman–Crippen LogP) is 7.18. The van der Waals surface area contributed by atoms with Crippen molar-refractivity contribution in [2.75, 3.05) is 13.7 Å². The quantitative estimate of drug-likeness (QED) is 0.118. The summed E-state index contributed by atoms with van der Waals surface area (Å²) >= 11 is 0. The number of aliphatic hydroxyl groups excluding tert-OH is 1. The van der Waals surface area contributed by atoms with Gasteiger partial charge in [0.1, 0.15) is 6.10 Å². The number of benzene rings is 1. The lowest BCUT2D eigenvalue weighted by molar-refractivity contribution is -0.181. The van der Waals surface area contributed by atoms with Crippen molar-refractivity contribution < 1.29 is 33.6 Å². The lowest BCUT2D eigenvalue weighted by Gasteiger charge is -2.28. The topological polar surface area (TPSA) is 91.3 Å². The van der Waals surface area contributed by atoms with Gasteiger partial charge in [-0.3, -0.25) is 4.79 Å². The fourth-order valence-corrected chi connectivity index (χ4v) is 5.94. The fraction of sp³-hybridized carbons (Fsp3) is 0.657. The van der Waals surface area contributed by atoms with Gasteiger partial charge in [0, 0.05) is 25.4 Å². The highest BCUT2D eigenvalue weighted by atomic mass is 16.7. The number of rotatable bonds is 17. The van der Waals surface area contributed by atoms with Gasteiger partial charge >= 0.3 is 11.9 Å². The highest BCUT2D eigenvalue weighted by molar-refractivity contribution is 5.89. The molecule has 234 valence electrons. The Balaban J connectivity index is 1.74. The molecule has 42 heavy (non-hydrogen) atoms. The van der Waals surface area contributed by atoms with Gasteiger partial charge in [-0.05, 0) is 68.9 Å². The van der Waals surface area contributed by atoms with Crippen molar-refractivity contribution in [2.24, 2.45) is 17.8 Å². The van der Waals surface area contributed by atoms with Gasteiger partial charge in [0.25, 0.3) is 0 Å². The van der Waals surface area contributed by atoms with Crippen molar-refractivity contribution in [2.45, 2.75) is 115 Å². The van der Waals surface area contributed by atoms with Crippen LogP contribution in [0.2, 0.25) is 0 Å². The molecule has 0 radical (unpaired) electrons. The molecule has 1 aromatic rings. The molecule has 1 N–H and O–H groups in total. The number of methoxy groups -OCH3 is 1. The number of carbonyl (C=O) groups excluding carboxylic acids is 2. The fourth-order valence-electron chi connectivity index (χ4n) is 5.94. The Labute approximate surface area is 252 Å². The van der Waals surface area contributed by atoms with Crippen LogP contribution in [0.3, 0.4) is 0 Å². The van der Waals surface area contributed by atoms with Gasteiger partial charge in [-0.1, -0.05) is 75.6 Å². The van der Waals surface area contributed by atoms with Crippen molar-refractivity contribution in [1.29, 1.82) is 0 Å². The maximum Gasteiger partial charge on any atom is 0.338 e. The summed E-state index contributed by atoms with van der Waals surface area (Å²) in [6.07, 6.45) is 17.4. The Kier molecular flexibility index (Phi) is 15.3. The molecule has 7 atom stereocenters. The second kappa shape index (κ2) is 18.9. The van der Waals surface area contributed by atoms with Crippen LogP contribution in [0.4, 0.5) is 0 Å². The van der Waals surface area contributed by atoms with Gasteiger partial charge in [-0.2, -0.15) is 0 Å². The highest BCUT2D eigenvalue weighted by Gasteiger charge is 2.43. The van der Waals surface area contributed by atoms with Crippen LogP contribution in [0.5, 0.6) is 0 Å². The number of allylic oxidation sites excluding steroid dienone is 2. The van der Waals surface area contributed by atoms with Crippen LogP contribution >= 0.6 is 0 Å². The molecule has 0 amide bonds. The molecule has 1 unspecified atom stereocenters. The Morgan fingerprint density at radius 2 is 1.95 bits per heavy atom. The van der Waals surface area contributed by atoms with E-state index >= 15 is 0 Å². The molecule has 0 spiro atoms. The summed E-state index contributed by atoms with van der Waals surface area (Å²) in [6.45, 7) is 5.22. The Bertz CT molecular complexity index is 969. The van der Waals surface area contributed by atoms with Crippen molar-refractivity contribution in [1.82, 2.24) is 0 Å². The van der Waals surface area contributed by atoms with E-state index in [1.54, 1.807) is 12.1 Å². The largest absolute Gasteiger partial charge is 0.469 e. The van der Waals surface area contributed by atoms with E-state index in [-0.39, 0.29) is 36.2 Å². The first kappa shape index (κ1) is 34.0. The minimum absolute atomic E-state index is 0.101. The van der Waals surface area contributed by atoms with Crippen LogP contribution < -0.4 is 0 Å². The molecule has 7 nitrogen and oxygen atoms in total. The molecule has 2 aliphatic rings. The third kappa shape index (κ3) is 11.7. The summed E-state index contributed by atoms with van der Waals surface area (Å²) in [5.41, 5.74) is 0.504. The summed E-state index contributed by atoms with van der Waals surface area (Å²) in [4.78, 5) is 24.4. The molecule has 1 saturated carbocycles. The number of aliphatic hydroxyl groups is 1. The van der Waals surface area contributed by atoms with Crippen LogP contribution in [-0.4, -0.2) is 55.4 Å². The molecule has 1 aliphatic heterocycles. The lowest BCUT2D eigenvalue weighted by atomic mass is 9.89. The number of unbranched alkanes of at least 4 members (excludes halogenated alkanes) is 2. The van der Waals surface area contributed by atoms with Crippen molar-refractivity contribution in [3.63, 3.8) is 0 Å². The minimum atomic E-state index is -0.600. The molecule has 0 aromatic heterocycles. The number of esters is 2. The minimum Gasteiger partial charge on any atom is -0.469 e. The summed E-state index contributed by atoms with van der Waals surface area (Å²) in [7, 11) is 1.40. The van der Waals surface area contributed by atoms with Gasteiger partial charge < -0.3 is 24.1 Å². The third-order valence-corrected chi connectivity index (χ3v) is 8.41. The lowest BCUT2D eigenvalue weighted by Crippen LogP contribution is -2.29. The maximum atomic E-state index is 13.0. The van der Waals surface area contributed by atoms with E-state index in [0.29, 0.717) is 30.7 Å². The first-order chi connectivity index (χ1) is 20.4. The molecule has 0 bridgehead atoms. The third-order valence-electron chi connectivity index (χ3n) is 8.41. The second-order valence-electron chi connectivity index (χ2n) is 11.9. The number of hydrogen-bond donors (Lipinski definition) is 1. The first-order valence-corrected chi connectivity index (χ1v) is 16.0. The van der Waals surface area contributed by atoms with Crippen LogP contribution in [0.15, 0.2) is 54.6 Å². The Morgan fingerprint density at radius 3 is 2.67 bits per heavy atom. The molecule has 1 aromatic carbocycles. The van der Waals surface area contributed by atoms with E-state index < -0.39 is 12.2 Å². The van der Waals surface area contributed by atoms with Gasteiger partial charge in [0.15, 0.2) is 6.29 Å². The van der Waals surface area contributed by atoms with Crippen molar-refractivity contribution in [3.8, 4) is 0 Å². The number of hydrogen-bond acceptors (Lipinski definition) is 7. The average Bonchev–Trinajstić information content (AvgIpc) is 3.30. The number of ether oxygens (including phenoxy) is 4. The van der Waals surface area contributed by atoms with Crippen LogP contribution in [0, 0.1) is 17.8 Å². The van der Waals surface area contributed by atoms with Crippen molar-refractivity contribution >= 4 is 11.9 Å². The molecule has 2 fully saturated rings. The van der Waals surface area contributed by atoms with Crippen molar-refractivity contribution in [3.05, 3.63) is 60.2 Å². The van der Waals surface area contributed by atoms with Gasteiger partial charge in [-0.25, -0.2) is 4.79 Å². The molecule has 1 aliphatic carbocycles. The van der Waals surface area contributed by atoms with E-state index in [4.69, 9.17) is 18.9 Å². The normalized spacial score (nSPS) is 26.0. The van der Waals surface area contributed by atoms with E-state index in [2.05, 4.69) is 38.2 Å². The smallest absolute Gasteiger partial charge is 0.338 e. The maximum absolute atomic E-state index is 13.0. The average molecular weight is 585 g/mol. The summed E-state index contributed by atoms with van der Waals surface area (Å²) in [6, 6.07) is 9.01. The van der Waals surface area contributed by atoms with Crippen LogP contribution in [0.25, 0.3) is 0 Å². The molecule has 1 saturated heterocycles. The Hall–Kier alpha value is -2.48.